The highest BCUT2D eigenvalue weighted by molar-refractivity contribution is 9.10. The molecule has 0 atom stereocenters. The maximum Gasteiger partial charge on any atom is 0.209 e. The Labute approximate surface area is 141 Å². The third-order valence-corrected chi connectivity index (χ3v) is 5.54. The van der Waals surface area contributed by atoms with Gasteiger partial charge in [-0.15, -0.1) is 0 Å². The monoisotopic (exact) mass is 364 g/mol. The molecule has 3 aliphatic rings. The molecule has 1 heterocycles. The number of piperazine rings is 1. The van der Waals surface area contributed by atoms with E-state index in [4.69, 9.17) is 0 Å². The van der Waals surface area contributed by atoms with Crippen LogP contribution in [-0.2, 0) is 4.79 Å². The van der Waals surface area contributed by atoms with Crippen molar-refractivity contribution >= 4 is 22.3 Å². The Bertz CT molecular complexity index is 474. The molecule has 0 aromatic heterocycles. The number of rotatable bonds is 3. The summed E-state index contributed by atoms with van der Waals surface area (Å²) in [5, 5.41) is 0. The van der Waals surface area contributed by atoms with E-state index in [-0.39, 0.29) is 0 Å². The second kappa shape index (κ2) is 7.60. The van der Waals surface area contributed by atoms with E-state index in [1.807, 2.05) is 4.90 Å². The summed E-state index contributed by atoms with van der Waals surface area (Å²) in [7, 11) is 0. The van der Waals surface area contributed by atoms with Crippen molar-refractivity contribution in [3.8, 4) is 0 Å². The van der Waals surface area contributed by atoms with Crippen molar-refractivity contribution in [3.05, 3.63) is 34.3 Å². The molecule has 1 saturated heterocycles. The van der Waals surface area contributed by atoms with E-state index in [2.05, 4.69) is 45.1 Å². The number of amides is 1. The molecule has 3 fully saturated rings. The van der Waals surface area contributed by atoms with Crippen LogP contribution in [0, 0.1) is 0 Å². The topological polar surface area (TPSA) is 23.6 Å². The molecular weight excluding hydrogens is 340 g/mol. The number of nitrogens with zero attached hydrogens (tertiary/aromatic N) is 2. The van der Waals surface area contributed by atoms with Gasteiger partial charge in [-0.25, -0.2) is 0 Å². The summed E-state index contributed by atoms with van der Waals surface area (Å²) >= 11 is 3.41. The maximum atomic E-state index is 10.4. The molecule has 2 saturated carbocycles. The van der Waals surface area contributed by atoms with Gasteiger partial charge in [0, 0.05) is 36.7 Å². The Morgan fingerprint density at radius 2 is 1.59 bits per heavy atom. The van der Waals surface area contributed by atoms with Crippen LogP contribution in [0.5, 0.6) is 0 Å². The van der Waals surface area contributed by atoms with Crippen LogP contribution in [0.25, 0.3) is 0 Å². The van der Waals surface area contributed by atoms with Crippen molar-refractivity contribution in [2.45, 2.75) is 44.1 Å². The Balaban J connectivity index is 0.000000133. The molecular formula is C18H25BrN2O. The van der Waals surface area contributed by atoms with Gasteiger partial charge in [-0.2, -0.15) is 0 Å². The first-order valence-corrected chi connectivity index (χ1v) is 9.24. The molecule has 1 aromatic rings. The summed E-state index contributed by atoms with van der Waals surface area (Å²) in [6.07, 6.45) is 7.90. The van der Waals surface area contributed by atoms with Gasteiger partial charge in [0.25, 0.3) is 0 Å². The number of hydrogen-bond acceptors (Lipinski definition) is 2. The molecule has 4 heteroatoms. The van der Waals surface area contributed by atoms with E-state index in [0.717, 1.165) is 44.5 Å². The smallest absolute Gasteiger partial charge is 0.209 e. The molecule has 2 aliphatic carbocycles. The Morgan fingerprint density at radius 1 is 0.955 bits per heavy atom. The average Bonchev–Trinajstić information content (AvgIpc) is 3.33. The fraction of sp³-hybridized carbons (Fsp3) is 0.611. The summed E-state index contributed by atoms with van der Waals surface area (Å²) in [4.78, 5) is 14.8. The van der Waals surface area contributed by atoms with Gasteiger partial charge in [-0.3, -0.25) is 9.69 Å². The zero-order valence-corrected chi connectivity index (χ0v) is 14.7. The van der Waals surface area contributed by atoms with E-state index < -0.39 is 0 Å². The quantitative estimate of drug-likeness (QED) is 0.764. The van der Waals surface area contributed by atoms with Gasteiger partial charge < -0.3 is 4.90 Å². The van der Waals surface area contributed by atoms with Crippen LogP contribution in [0.3, 0.4) is 0 Å². The Hall–Kier alpha value is -0.870. The van der Waals surface area contributed by atoms with Gasteiger partial charge in [0.1, 0.15) is 0 Å². The molecule has 1 aromatic carbocycles. The zero-order chi connectivity index (χ0) is 15.4. The first kappa shape index (κ1) is 16.0. The van der Waals surface area contributed by atoms with Crippen molar-refractivity contribution in [1.29, 1.82) is 0 Å². The van der Waals surface area contributed by atoms with Crippen molar-refractivity contribution in [1.82, 2.24) is 9.80 Å². The molecule has 4 rings (SSSR count). The van der Waals surface area contributed by atoms with Crippen LogP contribution in [0.2, 0.25) is 0 Å². The molecule has 1 amide bonds. The molecule has 1 aliphatic heterocycles. The number of hydrogen-bond donors (Lipinski definition) is 0. The number of halogens is 1. The summed E-state index contributed by atoms with van der Waals surface area (Å²) in [5.41, 5.74) is 1.50. The molecule has 3 nitrogen and oxygen atoms in total. The van der Waals surface area contributed by atoms with Crippen LogP contribution >= 0.6 is 15.9 Å². The predicted molar refractivity (Wildman–Crippen MR) is 93.0 cm³/mol. The highest BCUT2D eigenvalue weighted by Gasteiger charge is 2.27. The summed E-state index contributed by atoms with van der Waals surface area (Å²) < 4.78 is 1.18. The highest BCUT2D eigenvalue weighted by atomic mass is 79.9. The lowest BCUT2D eigenvalue weighted by molar-refractivity contribution is -0.120. The summed E-state index contributed by atoms with van der Waals surface area (Å²) in [6.45, 7) is 4.03. The van der Waals surface area contributed by atoms with Gasteiger partial charge in [0.2, 0.25) is 6.41 Å². The largest absolute Gasteiger partial charge is 0.343 e. The number of carbonyl (C=O) groups is 1. The van der Waals surface area contributed by atoms with Crippen molar-refractivity contribution < 1.29 is 4.79 Å². The van der Waals surface area contributed by atoms with E-state index in [1.165, 1.54) is 42.1 Å². The minimum absolute atomic E-state index is 0.846. The van der Waals surface area contributed by atoms with Crippen molar-refractivity contribution in [2.24, 2.45) is 0 Å². The molecule has 0 unspecified atom stereocenters. The van der Waals surface area contributed by atoms with Crippen LogP contribution in [0.1, 0.15) is 43.6 Å². The Kier molecular flexibility index (Phi) is 5.53. The minimum Gasteiger partial charge on any atom is -0.343 e. The lowest BCUT2D eigenvalue weighted by atomic mass is 9.91. The van der Waals surface area contributed by atoms with Crippen molar-refractivity contribution in [3.63, 3.8) is 0 Å². The van der Waals surface area contributed by atoms with Gasteiger partial charge in [-0.05, 0) is 49.3 Å². The molecule has 120 valence electrons. The fourth-order valence-corrected chi connectivity index (χ4v) is 3.38. The van der Waals surface area contributed by atoms with Gasteiger partial charge in [0.05, 0.1) is 0 Å². The lowest BCUT2D eigenvalue weighted by Crippen LogP contribution is -2.51. The van der Waals surface area contributed by atoms with Crippen LogP contribution in [0.15, 0.2) is 28.7 Å². The molecule has 0 radical (unpaired) electrons. The number of carbonyl (C=O) groups excluding carboxylic acids is 1. The molecule has 0 bridgehead atoms. The number of benzene rings is 1. The van der Waals surface area contributed by atoms with Gasteiger partial charge >= 0.3 is 0 Å². The van der Waals surface area contributed by atoms with Crippen molar-refractivity contribution in [2.75, 3.05) is 26.2 Å². The lowest BCUT2D eigenvalue weighted by Gasteiger charge is -2.42. The Morgan fingerprint density at radius 3 is 2.05 bits per heavy atom. The molecule has 0 N–H and O–H groups in total. The second-order valence-corrected chi connectivity index (χ2v) is 7.50. The SMILES string of the molecule is Brc1ccc(C2CC2)cc1.O=CN1CCN(C2CCC2)CC1. The average molecular weight is 365 g/mol. The van der Waals surface area contributed by atoms with Crippen LogP contribution in [0.4, 0.5) is 0 Å². The maximum absolute atomic E-state index is 10.4. The first-order valence-electron chi connectivity index (χ1n) is 8.45. The minimum atomic E-state index is 0.846. The highest BCUT2D eigenvalue weighted by Crippen LogP contribution is 2.40. The normalized spacial score (nSPS) is 22.5. The summed E-state index contributed by atoms with van der Waals surface area (Å²) in [5.74, 6) is 0.882. The van der Waals surface area contributed by atoms with E-state index in [9.17, 15) is 4.79 Å². The first-order chi connectivity index (χ1) is 10.8. The third-order valence-electron chi connectivity index (χ3n) is 5.01. The fourth-order valence-electron chi connectivity index (χ4n) is 3.11. The third kappa shape index (κ3) is 4.32. The molecule has 22 heavy (non-hydrogen) atoms. The second-order valence-electron chi connectivity index (χ2n) is 6.59. The summed E-state index contributed by atoms with van der Waals surface area (Å²) in [6, 6.07) is 9.50. The van der Waals surface area contributed by atoms with E-state index in [1.54, 1.807) is 0 Å². The predicted octanol–water partition coefficient (Wildman–Crippen LogP) is 3.64. The van der Waals surface area contributed by atoms with Gasteiger partial charge in [0.15, 0.2) is 0 Å². The van der Waals surface area contributed by atoms with E-state index in [0.29, 0.717) is 0 Å². The molecule has 0 spiro atoms. The van der Waals surface area contributed by atoms with Crippen LogP contribution in [-0.4, -0.2) is 48.4 Å². The van der Waals surface area contributed by atoms with E-state index >= 15 is 0 Å². The van der Waals surface area contributed by atoms with Gasteiger partial charge in [-0.1, -0.05) is 34.5 Å². The van der Waals surface area contributed by atoms with Crippen LogP contribution < -0.4 is 0 Å². The standard InChI is InChI=1S/C9H9Br.C9H16N2O/c10-9-5-3-8(4-6-9)7-1-2-7;12-8-10-4-6-11(7-5-10)9-2-1-3-9/h3-7H,1-2H2;8-9H,1-7H2. The zero-order valence-electron chi connectivity index (χ0n) is 13.1.